The van der Waals surface area contributed by atoms with Crippen LogP contribution in [-0.4, -0.2) is 25.8 Å². The molecule has 3 aromatic rings. The maximum absolute atomic E-state index is 12.6. The number of nitrogens with zero attached hydrogens (tertiary/aromatic N) is 4. The van der Waals surface area contributed by atoms with Gasteiger partial charge in [-0.2, -0.15) is 13.2 Å². The number of alkyl halides is 3. The Bertz CT molecular complexity index is 929. The molecule has 26 heavy (non-hydrogen) atoms. The molecule has 0 bridgehead atoms. The third kappa shape index (κ3) is 4.11. The molecule has 0 radical (unpaired) electrons. The predicted molar refractivity (Wildman–Crippen MR) is 89.4 cm³/mol. The van der Waals surface area contributed by atoms with Crippen LogP contribution in [0.15, 0.2) is 36.2 Å². The molecule has 0 aromatic carbocycles. The first kappa shape index (κ1) is 17.7. The van der Waals surface area contributed by atoms with E-state index in [4.69, 9.17) is 0 Å². The molecule has 134 valence electrons. The lowest BCUT2D eigenvalue weighted by Crippen LogP contribution is -2.16. The van der Waals surface area contributed by atoms with Gasteiger partial charge in [0.25, 0.3) is 5.91 Å². The van der Waals surface area contributed by atoms with Crippen LogP contribution in [0.3, 0.4) is 0 Å². The number of thiazole rings is 1. The zero-order valence-electron chi connectivity index (χ0n) is 13.2. The number of hydrogen-bond acceptors (Lipinski definition) is 7. The van der Waals surface area contributed by atoms with Crippen LogP contribution in [0.5, 0.6) is 0 Å². The molecule has 0 saturated heterocycles. The molecule has 0 fully saturated rings. The maximum atomic E-state index is 12.6. The van der Waals surface area contributed by atoms with Gasteiger partial charge < -0.3 is 5.32 Å². The Morgan fingerprint density at radius 3 is 2.54 bits per heavy atom. The quantitative estimate of drug-likeness (QED) is 0.718. The van der Waals surface area contributed by atoms with E-state index in [2.05, 4.69) is 30.6 Å². The molecule has 0 unspecified atom stereocenters. The summed E-state index contributed by atoms with van der Waals surface area (Å²) in [5, 5.41) is 5.96. The number of carbonyl (C=O) groups is 1. The topological polar surface area (TPSA) is 92.7 Å². The third-order valence-electron chi connectivity index (χ3n) is 3.10. The van der Waals surface area contributed by atoms with Gasteiger partial charge in [-0.15, -0.1) is 11.3 Å². The average molecular weight is 380 g/mol. The minimum absolute atomic E-state index is 0.0117. The number of rotatable bonds is 4. The fourth-order valence-corrected chi connectivity index (χ4v) is 2.68. The van der Waals surface area contributed by atoms with Crippen molar-refractivity contribution < 1.29 is 18.0 Å². The van der Waals surface area contributed by atoms with Gasteiger partial charge in [-0.05, 0) is 19.1 Å². The van der Waals surface area contributed by atoms with Gasteiger partial charge in [0.2, 0.25) is 0 Å². The number of anilines is 3. The van der Waals surface area contributed by atoms with E-state index in [-0.39, 0.29) is 10.8 Å². The Labute approximate surface area is 149 Å². The highest BCUT2D eigenvalue weighted by atomic mass is 32.1. The molecule has 0 saturated carbocycles. The molecule has 7 nitrogen and oxygen atoms in total. The number of halogens is 3. The summed E-state index contributed by atoms with van der Waals surface area (Å²) < 4.78 is 37.9. The van der Waals surface area contributed by atoms with E-state index in [1.165, 1.54) is 18.7 Å². The minimum atomic E-state index is -4.57. The smallest absolute Gasteiger partial charge is 0.351 e. The fourth-order valence-electron chi connectivity index (χ4n) is 1.97. The first-order chi connectivity index (χ1) is 12.3. The van der Waals surface area contributed by atoms with E-state index in [1.807, 2.05) is 0 Å². The Morgan fingerprint density at radius 1 is 1.15 bits per heavy atom. The monoisotopic (exact) mass is 380 g/mol. The molecule has 1 amide bonds. The number of amides is 1. The second-order valence-corrected chi connectivity index (χ2v) is 5.95. The molecule has 11 heteroatoms. The highest BCUT2D eigenvalue weighted by Crippen LogP contribution is 2.32. The summed E-state index contributed by atoms with van der Waals surface area (Å²) in [6.07, 6.45) is -0.204. The first-order valence-corrected chi connectivity index (χ1v) is 8.04. The molecule has 3 rings (SSSR count). The molecule has 3 heterocycles. The first-order valence-electron chi connectivity index (χ1n) is 7.16. The van der Waals surface area contributed by atoms with E-state index in [0.29, 0.717) is 28.4 Å². The van der Waals surface area contributed by atoms with Crippen LogP contribution >= 0.6 is 11.3 Å². The van der Waals surface area contributed by atoms with Crippen molar-refractivity contribution in [3.63, 3.8) is 0 Å². The molecule has 2 N–H and O–H groups in total. The summed E-state index contributed by atoms with van der Waals surface area (Å²) >= 11 is 0.682. The van der Waals surface area contributed by atoms with E-state index in [9.17, 15) is 18.0 Å². The van der Waals surface area contributed by atoms with Crippen LogP contribution in [0.1, 0.15) is 21.9 Å². The summed E-state index contributed by atoms with van der Waals surface area (Å²) in [6.45, 7) is 1.69. The van der Waals surface area contributed by atoms with Crippen molar-refractivity contribution in [2.75, 3.05) is 10.6 Å². The van der Waals surface area contributed by atoms with Crippen molar-refractivity contribution in [2.45, 2.75) is 13.1 Å². The van der Waals surface area contributed by atoms with Gasteiger partial charge in [-0.3, -0.25) is 10.1 Å². The standard InChI is InChI=1S/C15H11F3N6OS/c1-8-2-3-10(22-9-4-19-7-20-5-9)12(21-8)13(25)24-14-23-11(6-26-14)15(16,17)18/h2-7,22H,1H3,(H,23,24,25). The van der Waals surface area contributed by atoms with Gasteiger partial charge in [0.15, 0.2) is 16.5 Å². The lowest BCUT2D eigenvalue weighted by atomic mass is 10.2. The van der Waals surface area contributed by atoms with Crippen LogP contribution in [0.4, 0.5) is 29.7 Å². The fraction of sp³-hybridized carbons (Fsp3) is 0.133. The second kappa shape index (κ2) is 7.04. The molecule has 0 atom stereocenters. The van der Waals surface area contributed by atoms with Crippen LogP contribution < -0.4 is 10.6 Å². The third-order valence-corrected chi connectivity index (χ3v) is 3.86. The number of nitrogens with one attached hydrogen (secondary N) is 2. The molecular weight excluding hydrogens is 369 g/mol. The van der Waals surface area contributed by atoms with E-state index in [0.717, 1.165) is 5.38 Å². The van der Waals surface area contributed by atoms with Crippen molar-refractivity contribution in [1.82, 2.24) is 19.9 Å². The number of pyridine rings is 1. The van der Waals surface area contributed by atoms with Crippen LogP contribution in [0.2, 0.25) is 0 Å². The summed E-state index contributed by atoms with van der Waals surface area (Å²) in [4.78, 5) is 27.7. The largest absolute Gasteiger partial charge is 0.434 e. The maximum Gasteiger partial charge on any atom is 0.434 e. The van der Waals surface area contributed by atoms with Crippen molar-refractivity contribution in [1.29, 1.82) is 0 Å². The summed E-state index contributed by atoms with van der Waals surface area (Å²) in [5.74, 6) is -0.684. The van der Waals surface area contributed by atoms with Crippen molar-refractivity contribution >= 4 is 33.8 Å². The van der Waals surface area contributed by atoms with Crippen molar-refractivity contribution in [3.05, 3.63) is 53.3 Å². The zero-order chi connectivity index (χ0) is 18.7. The molecule has 0 aliphatic rings. The molecule has 0 aliphatic heterocycles. The lowest BCUT2D eigenvalue weighted by molar-refractivity contribution is -0.140. The highest BCUT2D eigenvalue weighted by Gasteiger charge is 2.34. The predicted octanol–water partition coefficient (Wildman–Crippen LogP) is 3.65. The van der Waals surface area contributed by atoms with Gasteiger partial charge >= 0.3 is 6.18 Å². The number of aryl methyl sites for hydroxylation is 1. The van der Waals surface area contributed by atoms with E-state index >= 15 is 0 Å². The number of aromatic nitrogens is 4. The van der Waals surface area contributed by atoms with Crippen LogP contribution in [0, 0.1) is 6.92 Å². The average Bonchev–Trinajstić information content (AvgIpc) is 3.06. The Hall–Kier alpha value is -3.08. The number of hydrogen-bond donors (Lipinski definition) is 2. The van der Waals surface area contributed by atoms with Gasteiger partial charge in [-0.25, -0.2) is 19.9 Å². The number of carbonyl (C=O) groups excluding carboxylic acids is 1. The Morgan fingerprint density at radius 2 is 1.88 bits per heavy atom. The highest BCUT2D eigenvalue weighted by molar-refractivity contribution is 7.14. The van der Waals surface area contributed by atoms with Crippen LogP contribution in [-0.2, 0) is 6.18 Å². The van der Waals surface area contributed by atoms with Gasteiger partial charge in [0.1, 0.15) is 6.33 Å². The lowest BCUT2D eigenvalue weighted by Gasteiger charge is -2.11. The molecule has 0 aliphatic carbocycles. The van der Waals surface area contributed by atoms with E-state index in [1.54, 1.807) is 19.1 Å². The molecular formula is C15H11F3N6OS. The van der Waals surface area contributed by atoms with Crippen molar-refractivity contribution in [3.8, 4) is 0 Å². The zero-order valence-corrected chi connectivity index (χ0v) is 14.0. The van der Waals surface area contributed by atoms with Gasteiger partial charge in [0, 0.05) is 11.1 Å². The van der Waals surface area contributed by atoms with E-state index < -0.39 is 17.8 Å². The Kier molecular flexibility index (Phi) is 4.80. The van der Waals surface area contributed by atoms with Crippen LogP contribution in [0.25, 0.3) is 0 Å². The molecule has 0 spiro atoms. The SMILES string of the molecule is Cc1ccc(Nc2cncnc2)c(C(=O)Nc2nc(C(F)(F)F)cs2)n1. The molecule has 3 aromatic heterocycles. The Balaban J connectivity index is 1.84. The van der Waals surface area contributed by atoms with Crippen molar-refractivity contribution in [2.24, 2.45) is 0 Å². The van der Waals surface area contributed by atoms with Gasteiger partial charge in [-0.1, -0.05) is 0 Å². The summed E-state index contributed by atoms with van der Waals surface area (Å²) in [5.41, 5.74) is 0.406. The summed E-state index contributed by atoms with van der Waals surface area (Å²) in [7, 11) is 0. The minimum Gasteiger partial charge on any atom is -0.351 e. The normalized spacial score (nSPS) is 11.2. The second-order valence-electron chi connectivity index (χ2n) is 5.09. The van der Waals surface area contributed by atoms with Gasteiger partial charge in [0.05, 0.1) is 23.8 Å². The summed E-state index contributed by atoms with van der Waals surface area (Å²) in [6, 6.07) is 3.32.